The summed E-state index contributed by atoms with van der Waals surface area (Å²) in [4.78, 5) is 31.4. The van der Waals surface area contributed by atoms with Gasteiger partial charge in [0.1, 0.15) is 6.33 Å². The minimum atomic E-state index is -0.320. The first-order chi connectivity index (χ1) is 9.16. The maximum atomic E-state index is 11.9. The van der Waals surface area contributed by atoms with Crippen LogP contribution in [0.4, 0.5) is 0 Å². The standard InChI is InChI=1S/C13H10BrN3O2/c14-10-3-1-7(9-5-15-6-16-12(9)10)8-2-4-11(18)17-13(8)19/h1,3,5-6,8H,2,4H2,(H,17,18,19). The van der Waals surface area contributed by atoms with Crippen molar-refractivity contribution in [1.82, 2.24) is 15.3 Å². The van der Waals surface area contributed by atoms with E-state index in [1.807, 2.05) is 12.1 Å². The first-order valence-electron chi connectivity index (χ1n) is 5.88. The third-order valence-corrected chi connectivity index (χ3v) is 3.91. The van der Waals surface area contributed by atoms with Crippen LogP contribution in [-0.2, 0) is 9.59 Å². The highest BCUT2D eigenvalue weighted by Gasteiger charge is 2.29. The van der Waals surface area contributed by atoms with E-state index in [1.165, 1.54) is 6.33 Å². The van der Waals surface area contributed by atoms with Crippen molar-refractivity contribution in [3.8, 4) is 0 Å². The number of hydrogen-bond acceptors (Lipinski definition) is 4. The Morgan fingerprint density at radius 1 is 1.32 bits per heavy atom. The highest BCUT2D eigenvalue weighted by molar-refractivity contribution is 9.10. The molecule has 1 aliphatic heterocycles. The van der Waals surface area contributed by atoms with Gasteiger partial charge in [0, 0.05) is 22.5 Å². The molecule has 2 heterocycles. The zero-order valence-corrected chi connectivity index (χ0v) is 11.5. The lowest BCUT2D eigenvalue weighted by Crippen LogP contribution is -2.39. The molecule has 6 heteroatoms. The fourth-order valence-corrected chi connectivity index (χ4v) is 2.81. The van der Waals surface area contributed by atoms with Crippen molar-refractivity contribution in [1.29, 1.82) is 0 Å². The lowest BCUT2D eigenvalue weighted by atomic mass is 9.88. The van der Waals surface area contributed by atoms with Gasteiger partial charge in [-0.15, -0.1) is 0 Å². The number of benzene rings is 1. The van der Waals surface area contributed by atoms with Gasteiger partial charge >= 0.3 is 0 Å². The number of nitrogens with one attached hydrogen (secondary N) is 1. The molecule has 19 heavy (non-hydrogen) atoms. The Bertz CT molecular complexity index is 687. The molecule has 0 bridgehead atoms. The summed E-state index contributed by atoms with van der Waals surface area (Å²) in [5, 5.41) is 3.22. The van der Waals surface area contributed by atoms with Crippen LogP contribution in [0, 0.1) is 0 Å². The summed E-state index contributed by atoms with van der Waals surface area (Å²) in [5.41, 5.74) is 1.64. The Hall–Kier alpha value is -1.82. The molecular weight excluding hydrogens is 310 g/mol. The lowest BCUT2D eigenvalue weighted by molar-refractivity contribution is -0.134. The molecule has 1 atom stereocenters. The number of rotatable bonds is 1. The molecule has 1 aromatic carbocycles. The molecule has 1 unspecified atom stereocenters. The number of nitrogens with zero attached hydrogens (tertiary/aromatic N) is 2. The number of halogens is 1. The summed E-state index contributed by atoms with van der Waals surface area (Å²) in [7, 11) is 0. The van der Waals surface area contributed by atoms with Crippen LogP contribution in [0.15, 0.2) is 29.1 Å². The average Bonchev–Trinajstić information content (AvgIpc) is 2.41. The lowest BCUT2D eigenvalue weighted by Gasteiger charge is -2.22. The highest BCUT2D eigenvalue weighted by Crippen LogP contribution is 2.32. The zero-order valence-electron chi connectivity index (χ0n) is 9.89. The molecule has 5 nitrogen and oxygen atoms in total. The SMILES string of the molecule is O=C1CCC(c2ccc(Br)c3ncncc23)C(=O)N1. The highest BCUT2D eigenvalue weighted by atomic mass is 79.9. The Kier molecular flexibility index (Phi) is 3.02. The van der Waals surface area contributed by atoms with Gasteiger partial charge < -0.3 is 0 Å². The van der Waals surface area contributed by atoms with E-state index < -0.39 is 0 Å². The molecule has 1 saturated heterocycles. The van der Waals surface area contributed by atoms with Gasteiger partial charge in [-0.1, -0.05) is 6.07 Å². The largest absolute Gasteiger partial charge is 0.296 e. The van der Waals surface area contributed by atoms with E-state index in [0.29, 0.717) is 12.8 Å². The molecule has 0 spiro atoms. The summed E-state index contributed by atoms with van der Waals surface area (Å²) < 4.78 is 0.862. The predicted octanol–water partition coefficient (Wildman–Crippen LogP) is 1.91. The zero-order chi connectivity index (χ0) is 13.4. The second kappa shape index (κ2) is 4.70. The molecule has 1 N–H and O–H groups in total. The average molecular weight is 320 g/mol. The van der Waals surface area contributed by atoms with Crippen LogP contribution < -0.4 is 5.32 Å². The topological polar surface area (TPSA) is 72.0 Å². The normalized spacial score (nSPS) is 19.5. The number of piperidine rings is 1. The first kappa shape index (κ1) is 12.2. The van der Waals surface area contributed by atoms with Crippen molar-refractivity contribution < 1.29 is 9.59 Å². The minimum absolute atomic E-state index is 0.209. The molecular formula is C13H10BrN3O2. The van der Waals surface area contributed by atoms with Gasteiger partial charge in [0.25, 0.3) is 0 Å². The van der Waals surface area contributed by atoms with Gasteiger partial charge in [0.05, 0.1) is 11.4 Å². The van der Waals surface area contributed by atoms with Gasteiger partial charge in [-0.3, -0.25) is 14.9 Å². The summed E-state index contributed by atoms with van der Waals surface area (Å²) in [6, 6.07) is 3.75. The summed E-state index contributed by atoms with van der Waals surface area (Å²) in [5.74, 6) is -0.776. The third-order valence-electron chi connectivity index (χ3n) is 3.27. The smallest absolute Gasteiger partial charge is 0.234 e. The molecule has 0 saturated carbocycles. The molecule has 96 valence electrons. The van der Waals surface area contributed by atoms with E-state index in [4.69, 9.17) is 0 Å². The van der Waals surface area contributed by atoms with E-state index in [2.05, 4.69) is 31.2 Å². The van der Waals surface area contributed by atoms with E-state index >= 15 is 0 Å². The number of carbonyl (C=O) groups is 2. The van der Waals surface area contributed by atoms with Crippen LogP contribution in [0.3, 0.4) is 0 Å². The molecule has 3 rings (SSSR count). The quantitative estimate of drug-likeness (QED) is 0.815. The first-order valence-corrected chi connectivity index (χ1v) is 6.68. The van der Waals surface area contributed by atoms with Gasteiger partial charge in [-0.25, -0.2) is 9.97 Å². The number of fused-ring (bicyclic) bond motifs is 1. The van der Waals surface area contributed by atoms with Gasteiger partial charge in [0.2, 0.25) is 11.8 Å². The van der Waals surface area contributed by atoms with Crippen LogP contribution >= 0.6 is 15.9 Å². The second-order valence-electron chi connectivity index (χ2n) is 4.43. The van der Waals surface area contributed by atoms with Crippen LogP contribution in [0.2, 0.25) is 0 Å². The fraction of sp³-hybridized carbons (Fsp3) is 0.231. The van der Waals surface area contributed by atoms with Crippen LogP contribution in [-0.4, -0.2) is 21.8 Å². The Morgan fingerprint density at radius 3 is 2.95 bits per heavy atom. The van der Waals surface area contributed by atoms with Crippen molar-refractivity contribution in [3.63, 3.8) is 0 Å². The van der Waals surface area contributed by atoms with Gasteiger partial charge in [-0.2, -0.15) is 0 Å². The van der Waals surface area contributed by atoms with Crippen molar-refractivity contribution in [2.45, 2.75) is 18.8 Å². The van der Waals surface area contributed by atoms with Gasteiger partial charge in [-0.05, 0) is 34.0 Å². The summed E-state index contributed by atoms with van der Waals surface area (Å²) in [6.45, 7) is 0. The number of carbonyl (C=O) groups excluding carboxylic acids is 2. The van der Waals surface area contributed by atoms with E-state index in [1.54, 1.807) is 6.20 Å². The van der Waals surface area contributed by atoms with E-state index in [9.17, 15) is 9.59 Å². The molecule has 1 aromatic heterocycles. The third kappa shape index (κ3) is 2.12. The Labute approximate surface area is 117 Å². The fourth-order valence-electron chi connectivity index (χ4n) is 2.36. The van der Waals surface area contributed by atoms with E-state index in [-0.39, 0.29) is 17.7 Å². The van der Waals surface area contributed by atoms with Crippen LogP contribution in [0.1, 0.15) is 24.3 Å². The minimum Gasteiger partial charge on any atom is -0.296 e. The number of hydrogen-bond donors (Lipinski definition) is 1. The Balaban J connectivity index is 2.13. The number of imide groups is 1. The van der Waals surface area contributed by atoms with Crippen molar-refractivity contribution in [2.75, 3.05) is 0 Å². The van der Waals surface area contributed by atoms with E-state index in [0.717, 1.165) is 20.9 Å². The van der Waals surface area contributed by atoms with Crippen molar-refractivity contribution >= 4 is 38.6 Å². The van der Waals surface area contributed by atoms with Crippen LogP contribution in [0.25, 0.3) is 10.9 Å². The maximum Gasteiger partial charge on any atom is 0.234 e. The molecule has 0 radical (unpaired) electrons. The second-order valence-corrected chi connectivity index (χ2v) is 5.28. The molecule has 2 amide bonds. The number of aromatic nitrogens is 2. The Morgan fingerprint density at radius 2 is 2.16 bits per heavy atom. The maximum absolute atomic E-state index is 11.9. The molecule has 1 aliphatic rings. The monoisotopic (exact) mass is 319 g/mol. The molecule has 0 aliphatic carbocycles. The molecule has 2 aromatic rings. The summed E-state index contributed by atoms with van der Waals surface area (Å²) >= 11 is 3.43. The number of amides is 2. The summed E-state index contributed by atoms with van der Waals surface area (Å²) in [6.07, 6.45) is 4.06. The van der Waals surface area contributed by atoms with Gasteiger partial charge in [0.15, 0.2) is 0 Å². The molecule has 1 fully saturated rings. The van der Waals surface area contributed by atoms with Crippen molar-refractivity contribution in [2.24, 2.45) is 0 Å². The van der Waals surface area contributed by atoms with Crippen molar-refractivity contribution in [3.05, 3.63) is 34.7 Å². The predicted molar refractivity (Wildman–Crippen MR) is 72.4 cm³/mol. The van der Waals surface area contributed by atoms with Crippen LogP contribution in [0.5, 0.6) is 0 Å².